The number of hydrogen-bond acceptors (Lipinski definition) is 4. The summed E-state index contributed by atoms with van der Waals surface area (Å²) in [4.78, 5) is 19.1. The van der Waals surface area contributed by atoms with E-state index in [-0.39, 0.29) is 5.91 Å². The number of fused-ring (bicyclic) bond motifs is 2. The fraction of sp³-hybridized carbons (Fsp3) is 0.684. The van der Waals surface area contributed by atoms with Crippen LogP contribution in [-0.4, -0.2) is 36.1 Å². The molecule has 2 unspecified atom stereocenters. The number of carbonyl (C=O) groups is 1. The van der Waals surface area contributed by atoms with Crippen molar-refractivity contribution in [3.8, 4) is 0 Å². The lowest BCUT2D eigenvalue weighted by Gasteiger charge is -2.28. The molecule has 5 heteroatoms. The number of pyridine rings is 1. The average molecular weight is 328 g/mol. The van der Waals surface area contributed by atoms with Gasteiger partial charge in [0.1, 0.15) is 5.82 Å². The lowest BCUT2D eigenvalue weighted by Crippen LogP contribution is -2.39. The minimum absolute atomic E-state index is 0.185. The first kappa shape index (κ1) is 15.9. The molecule has 4 rings (SSSR count). The molecule has 0 spiro atoms. The molecule has 0 radical (unpaired) electrons. The van der Waals surface area contributed by atoms with Gasteiger partial charge in [-0.3, -0.25) is 4.79 Å². The van der Waals surface area contributed by atoms with E-state index in [1.54, 1.807) is 0 Å². The number of hydrogen-bond donors (Lipinski definition) is 2. The number of nitrogens with zero attached hydrogens (tertiary/aromatic N) is 2. The highest BCUT2D eigenvalue weighted by Gasteiger charge is 2.34. The molecule has 3 aliphatic heterocycles. The van der Waals surface area contributed by atoms with Crippen LogP contribution in [0.2, 0.25) is 0 Å². The summed E-state index contributed by atoms with van der Waals surface area (Å²) < 4.78 is 0. The molecule has 24 heavy (non-hydrogen) atoms. The van der Waals surface area contributed by atoms with Crippen LogP contribution in [0, 0.1) is 5.92 Å². The Morgan fingerprint density at radius 3 is 2.62 bits per heavy atom. The molecule has 3 aliphatic rings. The van der Waals surface area contributed by atoms with Crippen LogP contribution in [0.5, 0.6) is 0 Å². The molecule has 0 aromatic carbocycles. The van der Waals surface area contributed by atoms with Gasteiger partial charge in [-0.15, -0.1) is 0 Å². The monoisotopic (exact) mass is 328 g/mol. The predicted molar refractivity (Wildman–Crippen MR) is 94.8 cm³/mol. The zero-order valence-corrected chi connectivity index (χ0v) is 14.3. The molecular formula is C19H28N4O. The predicted octanol–water partition coefficient (Wildman–Crippen LogP) is 2.22. The highest BCUT2D eigenvalue weighted by atomic mass is 16.1. The zero-order valence-electron chi connectivity index (χ0n) is 14.3. The van der Waals surface area contributed by atoms with Gasteiger partial charge >= 0.3 is 0 Å². The smallest absolute Gasteiger partial charge is 0.220 e. The minimum atomic E-state index is 0.185. The number of carbonyl (C=O) groups excluding carboxylic acids is 1. The summed E-state index contributed by atoms with van der Waals surface area (Å²) in [7, 11) is 0. The number of aromatic nitrogens is 1. The lowest BCUT2D eigenvalue weighted by atomic mass is 9.89. The summed E-state index contributed by atoms with van der Waals surface area (Å²) in [5.74, 6) is 1.80. The molecular weight excluding hydrogens is 300 g/mol. The highest BCUT2D eigenvalue weighted by Crippen LogP contribution is 2.32. The van der Waals surface area contributed by atoms with Gasteiger partial charge in [0.15, 0.2) is 0 Å². The molecule has 130 valence electrons. The van der Waals surface area contributed by atoms with Gasteiger partial charge in [-0.05, 0) is 56.1 Å². The van der Waals surface area contributed by atoms with Crippen molar-refractivity contribution in [2.45, 2.75) is 63.6 Å². The van der Waals surface area contributed by atoms with Crippen molar-refractivity contribution in [2.24, 2.45) is 5.92 Å². The Morgan fingerprint density at radius 1 is 1.21 bits per heavy atom. The Hall–Kier alpha value is -1.62. The third-order valence-corrected chi connectivity index (χ3v) is 5.77. The van der Waals surface area contributed by atoms with Gasteiger partial charge in [0, 0.05) is 44.3 Å². The van der Waals surface area contributed by atoms with E-state index in [4.69, 9.17) is 0 Å². The van der Waals surface area contributed by atoms with Crippen LogP contribution in [0.15, 0.2) is 18.3 Å². The van der Waals surface area contributed by atoms with Crippen LogP contribution < -0.4 is 15.5 Å². The van der Waals surface area contributed by atoms with Gasteiger partial charge in [-0.25, -0.2) is 4.98 Å². The van der Waals surface area contributed by atoms with Crippen LogP contribution in [0.1, 0.15) is 50.5 Å². The summed E-state index contributed by atoms with van der Waals surface area (Å²) in [5.41, 5.74) is 1.08. The van der Waals surface area contributed by atoms with Crippen molar-refractivity contribution in [3.05, 3.63) is 23.9 Å². The second kappa shape index (κ2) is 7.09. The average Bonchev–Trinajstić information content (AvgIpc) is 3.23. The Bertz CT molecular complexity index is 555. The number of piperidine rings is 1. The second-order valence-corrected chi connectivity index (χ2v) is 7.67. The van der Waals surface area contributed by atoms with Crippen LogP contribution >= 0.6 is 0 Å². The number of amides is 1. The number of rotatable bonds is 5. The van der Waals surface area contributed by atoms with E-state index in [9.17, 15) is 4.79 Å². The largest absolute Gasteiger partial charge is 0.357 e. The second-order valence-electron chi connectivity index (χ2n) is 7.67. The van der Waals surface area contributed by atoms with E-state index in [1.165, 1.54) is 25.7 Å². The van der Waals surface area contributed by atoms with Crippen molar-refractivity contribution in [3.63, 3.8) is 0 Å². The summed E-state index contributed by atoms with van der Waals surface area (Å²) in [6.07, 6.45) is 10.0. The molecule has 0 saturated carbocycles. The van der Waals surface area contributed by atoms with Gasteiger partial charge in [-0.2, -0.15) is 0 Å². The maximum absolute atomic E-state index is 12.2. The Balaban J connectivity index is 1.23. The summed E-state index contributed by atoms with van der Waals surface area (Å²) in [6, 6.07) is 5.48. The fourth-order valence-corrected chi connectivity index (χ4v) is 4.53. The summed E-state index contributed by atoms with van der Waals surface area (Å²) in [5, 5.41) is 6.71. The first-order valence-electron chi connectivity index (χ1n) is 9.49. The topological polar surface area (TPSA) is 57.3 Å². The number of nitrogens with one attached hydrogen (secondary N) is 2. The van der Waals surface area contributed by atoms with Gasteiger partial charge in [0.2, 0.25) is 5.91 Å². The molecule has 1 aromatic rings. The van der Waals surface area contributed by atoms with Crippen molar-refractivity contribution in [1.29, 1.82) is 0 Å². The summed E-state index contributed by atoms with van der Waals surface area (Å²) >= 11 is 0. The highest BCUT2D eigenvalue weighted by molar-refractivity contribution is 5.76. The molecule has 2 bridgehead atoms. The van der Waals surface area contributed by atoms with Crippen LogP contribution in [0.3, 0.4) is 0 Å². The van der Waals surface area contributed by atoms with E-state index in [2.05, 4.69) is 32.7 Å². The molecule has 4 heterocycles. The maximum atomic E-state index is 12.2. The van der Waals surface area contributed by atoms with E-state index < -0.39 is 0 Å². The standard InChI is InChI=1S/C19H28N4O/c24-19(11-15-9-16-4-5-17(10-15)22-16)21-13-14-3-6-18(20-12-14)23-7-1-2-8-23/h3,6,12,15-17,22H,1-2,4-5,7-11,13H2,(H,21,24). The van der Waals surface area contributed by atoms with Gasteiger partial charge in [0.05, 0.1) is 0 Å². The molecule has 3 saturated heterocycles. The van der Waals surface area contributed by atoms with Gasteiger partial charge in [0.25, 0.3) is 0 Å². The number of anilines is 1. The molecule has 0 aliphatic carbocycles. The van der Waals surface area contributed by atoms with Crippen LogP contribution in [0.4, 0.5) is 5.82 Å². The first-order valence-corrected chi connectivity index (χ1v) is 9.49. The molecule has 5 nitrogen and oxygen atoms in total. The van der Waals surface area contributed by atoms with Crippen molar-refractivity contribution in [2.75, 3.05) is 18.0 Å². The van der Waals surface area contributed by atoms with E-state index in [1.807, 2.05) is 6.20 Å². The van der Waals surface area contributed by atoms with Crippen molar-refractivity contribution in [1.82, 2.24) is 15.6 Å². The first-order chi connectivity index (χ1) is 11.8. The van der Waals surface area contributed by atoms with Gasteiger partial charge < -0.3 is 15.5 Å². The molecule has 1 aromatic heterocycles. The third kappa shape index (κ3) is 3.72. The quantitative estimate of drug-likeness (QED) is 0.870. The van der Waals surface area contributed by atoms with Crippen LogP contribution in [-0.2, 0) is 11.3 Å². The van der Waals surface area contributed by atoms with E-state index in [0.717, 1.165) is 37.3 Å². The SMILES string of the molecule is O=C(CC1CC2CCC(C1)N2)NCc1ccc(N2CCCC2)nc1. The Morgan fingerprint density at radius 2 is 1.96 bits per heavy atom. The van der Waals surface area contributed by atoms with Crippen molar-refractivity contribution < 1.29 is 4.79 Å². The zero-order chi connectivity index (χ0) is 16.4. The van der Waals surface area contributed by atoms with Gasteiger partial charge in [-0.1, -0.05) is 6.07 Å². The fourth-order valence-electron chi connectivity index (χ4n) is 4.53. The van der Waals surface area contributed by atoms with Crippen LogP contribution in [0.25, 0.3) is 0 Å². The minimum Gasteiger partial charge on any atom is -0.357 e. The van der Waals surface area contributed by atoms with E-state index in [0.29, 0.717) is 31.0 Å². The molecule has 2 N–H and O–H groups in total. The lowest BCUT2D eigenvalue weighted by molar-refractivity contribution is -0.122. The maximum Gasteiger partial charge on any atom is 0.220 e. The third-order valence-electron chi connectivity index (χ3n) is 5.77. The van der Waals surface area contributed by atoms with Crippen molar-refractivity contribution >= 4 is 11.7 Å². The molecule has 1 amide bonds. The van der Waals surface area contributed by atoms with E-state index >= 15 is 0 Å². The normalized spacial score (nSPS) is 29.0. The Kier molecular flexibility index (Phi) is 4.69. The molecule has 2 atom stereocenters. The Labute approximate surface area is 144 Å². The summed E-state index contributed by atoms with van der Waals surface area (Å²) in [6.45, 7) is 2.81. The molecule has 3 fully saturated rings.